The Morgan fingerprint density at radius 3 is 2.29 bits per heavy atom. The summed E-state index contributed by atoms with van der Waals surface area (Å²) in [7, 11) is 0. The Kier molecular flexibility index (Phi) is 7.57. The van der Waals surface area contributed by atoms with Crippen LogP contribution in [0.3, 0.4) is 0 Å². The summed E-state index contributed by atoms with van der Waals surface area (Å²) < 4.78 is 40.6. The molecule has 1 unspecified atom stereocenters. The number of halogens is 4. The van der Waals surface area contributed by atoms with Crippen molar-refractivity contribution in [1.29, 1.82) is 0 Å². The van der Waals surface area contributed by atoms with Crippen LogP contribution in [0.1, 0.15) is 35.4 Å². The molecule has 1 aliphatic rings. The number of hydrogen-bond acceptors (Lipinski definition) is 6. The first-order valence-electron chi connectivity index (χ1n) is 11.4. The lowest BCUT2D eigenvalue weighted by Crippen LogP contribution is -2.16. The van der Waals surface area contributed by atoms with Crippen LogP contribution >= 0.6 is 34.8 Å². The maximum atomic E-state index is 13.5. The van der Waals surface area contributed by atoms with Gasteiger partial charge in [0, 0.05) is 32.6 Å². The highest BCUT2D eigenvalue weighted by molar-refractivity contribution is 7.78. The topological polar surface area (TPSA) is 108 Å². The highest BCUT2D eigenvalue weighted by atomic mass is 35.5. The summed E-state index contributed by atoms with van der Waals surface area (Å²) in [5.74, 6) is -0.321. The number of hydrogen-bond donors (Lipinski definition) is 1. The van der Waals surface area contributed by atoms with Crippen LogP contribution < -0.4 is 5.32 Å². The molecule has 4 aromatic rings. The minimum absolute atomic E-state index is 0.0546. The van der Waals surface area contributed by atoms with Gasteiger partial charge in [-0.15, -0.1) is 0 Å². The van der Waals surface area contributed by atoms with Gasteiger partial charge in [0.05, 0.1) is 16.9 Å². The van der Waals surface area contributed by atoms with Gasteiger partial charge in [-0.25, -0.2) is 4.39 Å². The van der Waals surface area contributed by atoms with Crippen molar-refractivity contribution >= 4 is 57.5 Å². The second-order valence-electron chi connectivity index (χ2n) is 8.94. The van der Waals surface area contributed by atoms with Gasteiger partial charge in [-0.1, -0.05) is 75.3 Å². The second kappa shape index (κ2) is 10.7. The predicted molar refractivity (Wildman–Crippen MR) is 143 cm³/mol. The highest BCUT2D eigenvalue weighted by Crippen LogP contribution is 2.57. The number of benzene rings is 3. The number of carbonyl (C=O) groups is 1. The molecule has 38 heavy (non-hydrogen) atoms. The van der Waals surface area contributed by atoms with Gasteiger partial charge in [-0.2, -0.15) is 4.98 Å². The maximum absolute atomic E-state index is 13.5. The Morgan fingerprint density at radius 2 is 1.68 bits per heavy atom. The van der Waals surface area contributed by atoms with E-state index in [2.05, 4.69) is 15.5 Å². The molecule has 1 aliphatic carbocycles. The molecule has 0 spiro atoms. The highest BCUT2D eigenvalue weighted by Gasteiger charge is 2.52. The van der Waals surface area contributed by atoms with Crippen LogP contribution in [-0.4, -0.2) is 24.8 Å². The van der Waals surface area contributed by atoms with E-state index in [1.54, 1.807) is 36.4 Å². The number of anilines is 1. The number of nitrogens with zero attached hydrogens (tertiary/aromatic N) is 2. The molecule has 7 nitrogen and oxygen atoms in total. The van der Waals surface area contributed by atoms with Crippen LogP contribution in [0.2, 0.25) is 15.1 Å². The van der Waals surface area contributed by atoms with Gasteiger partial charge in [0.25, 0.3) is 5.89 Å². The van der Waals surface area contributed by atoms with Gasteiger partial charge < -0.3 is 14.4 Å². The number of nitrogens with one attached hydrogen (secondary N) is 1. The number of aromatic nitrogens is 2. The van der Waals surface area contributed by atoms with Gasteiger partial charge >= 0.3 is 0 Å². The average Bonchev–Trinajstić information content (AvgIpc) is 3.47. The minimum atomic E-state index is -2.18. The van der Waals surface area contributed by atoms with E-state index < -0.39 is 22.3 Å². The summed E-state index contributed by atoms with van der Waals surface area (Å²) in [6.45, 7) is 0. The zero-order valence-corrected chi connectivity index (χ0v) is 22.6. The molecule has 0 radical (unpaired) electrons. The number of carbonyl (C=O) groups excluding carboxylic acids is 1. The molecule has 1 amide bonds. The smallest absolute Gasteiger partial charge is 0.258 e. The van der Waals surface area contributed by atoms with Crippen LogP contribution in [0.4, 0.5) is 10.1 Å². The first kappa shape index (κ1) is 26.8. The fraction of sp³-hybridized carbons (Fsp3) is 0.192. The van der Waals surface area contributed by atoms with E-state index in [4.69, 9.17) is 39.3 Å². The van der Waals surface area contributed by atoms with Crippen LogP contribution in [0.15, 0.2) is 59.1 Å². The summed E-state index contributed by atoms with van der Waals surface area (Å²) in [6.07, 6.45) is 1.47. The second-order valence-corrected chi connectivity index (χ2v) is 11.1. The monoisotopic (exact) mass is 592 g/mol. The zero-order valence-electron chi connectivity index (χ0n) is 19.5. The third-order valence-electron chi connectivity index (χ3n) is 6.25. The normalized spacial score (nSPS) is 14.8. The molecule has 1 saturated carbocycles. The molecule has 196 valence electrons. The van der Waals surface area contributed by atoms with E-state index in [0.717, 1.165) is 5.56 Å². The van der Waals surface area contributed by atoms with E-state index in [0.29, 0.717) is 51.1 Å². The molecule has 1 fully saturated rings. The molecule has 12 heteroatoms. The molecule has 3 aromatic carbocycles. The summed E-state index contributed by atoms with van der Waals surface area (Å²) in [4.78, 5) is 17.1. The molecule has 1 N–H and O–H groups in total. The van der Waals surface area contributed by atoms with Crippen LogP contribution in [0, 0.1) is 5.82 Å². The molecule has 0 bridgehead atoms. The molecule has 0 aliphatic heterocycles. The Hall–Kier alpha value is -2.82. The number of rotatable bonds is 8. The zero-order chi connectivity index (χ0) is 27.0. The SMILES string of the molecule is O=C(Cc1ccc(CS(=O)[O-])cc1)Nc1cc(Cl)c(C2(c3noc(-c4ccc(F)c(Cl)c4)n3)CC2)c(Cl)c1. The fourth-order valence-corrected chi connectivity index (χ4v) is 5.75. The summed E-state index contributed by atoms with van der Waals surface area (Å²) in [5.41, 5.74) is 2.27. The quantitative estimate of drug-likeness (QED) is 0.234. The van der Waals surface area contributed by atoms with Crippen molar-refractivity contribution in [1.82, 2.24) is 10.1 Å². The molecule has 1 heterocycles. The summed E-state index contributed by atoms with van der Waals surface area (Å²) in [6, 6.07) is 14.1. The van der Waals surface area contributed by atoms with E-state index in [1.165, 1.54) is 18.2 Å². The largest absolute Gasteiger partial charge is 0.772 e. The predicted octanol–water partition coefficient (Wildman–Crippen LogP) is 6.48. The van der Waals surface area contributed by atoms with E-state index in [9.17, 15) is 17.9 Å². The van der Waals surface area contributed by atoms with Crippen molar-refractivity contribution in [3.05, 3.63) is 98.0 Å². The van der Waals surface area contributed by atoms with Crippen molar-refractivity contribution in [2.24, 2.45) is 0 Å². The maximum Gasteiger partial charge on any atom is 0.258 e. The van der Waals surface area contributed by atoms with Gasteiger partial charge in [-0.3, -0.25) is 9.00 Å². The van der Waals surface area contributed by atoms with E-state index in [1.807, 2.05) is 0 Å². The lowest BCUT2D eigenvalue weighted by molar-refractivity contribution is -0.115. The fourth-order valence-electron chi connectivity index (χ4n) is 4.26. The van der Waals surface area contributed by atoms with E-state index >= 15 is 0 Å². The van der Waals surface area contributed by atoms with Gasteiger partial charge in [-0.05, 0) is 54.3 Å². The standard InChI is InChI=1S/C26H19Cl3FN3O4S/c27-18-10-16(5-6-21(18)30)24-32-25(33-37-24)26(7-8-26)23-19(28)11-17(12-20(23)29)31-22(34)9-14-1-3-15(4-2-14)13-38(35)36/h1-6,10-12H,7-9,13H2,(H,31,34)(H,35,36)/p-1. The van der Waals surface area contributed by atoms with Gasteiger partial charge in [0.2, 0.25) is 5.91 Å². The average molecular weight is 594 g/mol. The Morgan fingerprint density at radius 1 is 1.03 bits per heavy atom. The Labute approximate surface area is 234 Å². The molecule has 1 atom stereocenters. The van der Waals surface area contributed by atoms with Gasteiger partial charge in [0.15, 0.2) is 5.82 Å². The van der Waals surface area contributed by atoms with Crippen LogP contribution in [0.25, 0.3) is 11.5 Å². The van der Waals surface area contributed by atoms with Crippen molar-refractivity contribution < 1.29 is 22.5 Å². The lowest BCUT2D eigenvalue weighted by Gasteiger charge is -2.17. The van der Waals surface area contributed by atoms with Gasteiger partial charge in [0.1, 0.15) is 5.82 Å². The Balaban J connectivity index is 1.32. The summed E-state index contributed by atoms with van der Waals surface area (Å²) >= 11 is 17.0. The minimum Gasteiger partial charge on any atom is -0.772 e. The van der Waals surface area contributed by atoms with E-state index in [-0.39, 0.29) is 29.0 Å². The molecule has 5 rings (SSSR count). The molecule has 1 aromatic heterocycles. The number of amides is 1. The molecule has 0 saturated heterocycles. The molecular formula is C26H18Cl3FN3O4S-. The lowest BCUT2D eigenvalue weighted by atomic mass is 9.94. The van der Waals surface area contributed by atoms with Crippen molar-refractivity contribution in [2.45, 2.75) is 30.4 Å². The van der Waals surface area contributed by atoms with Crippen molar-refractivity contribution in [2.75, 3.05) is 5.32 Å². The molecular weight excluding hydrogens is 576 g/mol. The summed E-state index contributed by atoms with van der Waals surface area (Å²) in [5, 5.41) is 7.56. The third-order valence-corrected chi connectivity index (χ3v) is 7.70. The van der Waals surface area contributed by atoms with Crippen LogP contribution in [-0.2, 0) is 33.5 Å². The van der Waals surface area contributed by atoms with Crippen molar-refractivity contribution in [3.63, 3.8) is 0 Å². The Bertz CT molecular complexity index is 1530. The van der Waals surface area contributed by atoms with Crippen molar-refractivity contribution in [3.8, 4) is 11.5 Å². The first-order valence-corrected chi connectivity index (χ1v) is 13.7. The van der Waals surface area contributed by atoms with Crippen LogP contribution in [0.5, 0.6) is 0 Å². The first-order chi connectivity index (χ1) is 18.1. The third kappa shape index (κ3) is 5.62.